The molecule has 0 heterocycles. The summed E-state index contributed by atoms with van der Waals surface area (Å²) >= 11 is 0. The average molecular weight is 300 g/mol. The van der Waals surface area contributed by atoms with Gasteiger partial charge in [-0.05, 0) is 74.5 Å². The van der Waals surface area contributed by atoms with Gasteiger partial charge in [-0.2, -0.15) is 0 Å². The second kappa shape index (κ2) is 6.68. The third-order valence-corrected chi connectivity index (χ3v) is 5.90. The molecule has 4 aliphatic rings. The standard InChI is InChI=1S/C17H29NO.ClH/c1-2-3-4-16(19)18-6-5-17-10-13-7-14(11-17)9-15(8-13)12-17;/h13-15H,2-12H2,1H3,(H,18,19);1H. The number of hydrogen-bond acceptors (Lipinski definition) is 1. The number of nitrogens with one attached hydrogen (secondary N) is 1. The van der Waals surface area contributed by atoms with Crippen LogP contribution in [0.15, 0.2) is 0 Å². The van der Waals surface area contributed by atoms with E-state index in [1.165, 1.54) is 44.9 Å². The van der Waals surface area contributed by atoms with Crippen LogP contribution in [0.4, 0.5) is 0 Å². The first-order valence-electron chi connectivity index (χ1n) is 8.46. The molecule has 0 radical (unpaired) electrons. The molecule has 116 valence electrons. The zero-order valence-electron chi connectivity index (χ0n) is 12.8. The van der Waals surface area contributed by atoms with Gasteiger partial charge in [0.1, 0.15) is 0 Å². The summed E-state index contributed by atoms with van der Waals surface area (Å²) in [4.78, 5) is 11.7. The van der Waals surface area contributed by atoms with Crippen LogP contribution in [0.3, 0.4) is 0 Å². The van der Waals surface area contributed by atoms with Crippen molar-refractivity contribution in [2.75, 3.05) is 6.54 Å². The number of rotatable bonds is 6. The lowest BCUT2D eigenvalue weighted by molar-refractivity contribution is -0.121. The van der Waals surface area contributed by atoms with Gasteiger partial charge in [-0.1, -0.05) is 13.3 Å². The zero-order valence-corrected chi connectivity index (χ0v) is 13.6. The number of hydrogen-bond donors (Lipinski definition) is 1. The van der Waals surface area contributed by atoms with Crippen LogP contribution in [-0.2, 0) is 4.79 Å². The molecule has 4 rings (SSSR count). The first kappa shape index (κ1) is 16.1. The van der Waals surface area contributed by atoms with Gasteiger partial charge >= 0.3 is 0 Å². The Morgan fingerprint density at radius 2 is 1.65 bits per heavy atom. The molecule has 0 aliphatic heterocycles. The summed E-state index contributed by atoms with van der Waals surface area (Å²) in [6.07, 6.45) is 13.0. The van der Waals surface area contributed by atoms with Gasteiger partial charge < -0.3 is 5.32 Å². The molecule has 0 saturated heterocycles. The molecule has 0 atom stereocenters. The third-order valence-electron chi connectivity index (χ3n) is 5.90. The Labute approximate surface area is 129 Å². The lowest BCUT2D eigenvalue weighted by Gasteiger charge is -2.57. The lowest BCUT2D eigenvalue weighted by Crippen LogP contribution is -2.47. The van der Waals surface area contributed by atoms with E-state index in [0.717, 1.165) is 43.6 Å². The number of unbranched alkanes of at least 4 members (excludes halogenated alkanes) is 1. The van der Waals surface area contributed by atoms with Gasteiger partial charge in [-0.3, -0.25) is 4.79 Å². The minimum Gasteiger partial charge on any atom is -0.356 e. The summed E-state index contributed by atoms with van der Waals surface area (Å²) in [6, 6.07) is 0. The van der Waals surface area contributed by atoms with Crippen molar-refractivity contribution in [3.05, 3.63) is 0 Å². The van der Waals surface area contributed by atoms with Crippen LogP contribution in [-0.4, -0.2) is 12.5 Å². The van der Waals surface area contributed by atoms with Crippen molar-refractivity contribution in [1.29, 1.82) is 0 Å². The maximum Gasteiger partial charge on any atom is 0.219 e. The topological polar surface area (TPSA) is 29.1 Å². The number of amides is 1. The molecule has 4 bridgehead atoms. The third kappa shape index (κ3) is 3.50. The predicted molar refractivity (Wildman–Crippen MR) is 85.0 cm³/mol. The molecule has 0 spiro atoms. The molecule has 4 fully saturated rings. The van der Waals surface area contributed by atoms with Crippen LogP contribution in [0.25, 0.3) is 0 Å². The van der Waals surface area contributed by atoms with Gasteiger partial charge in [0.25, 0.3) is 0 Å². The summed E-state index contributed by atoms with van der Waals surface area (Å²) < 4.78 is 0. The van der Waals surface area contributed by atoms with Crippen LogP contribution in [0.1, 0.15) is 71.1 Å². The maximum atomic E-state index is 11.7. The zero-order chi connectivity index (χ0) is 13.3. The molecule has 0 aromatic rings. The fourth-order valence-corrected chi connectivity index (χ4v) is 5.49. The fourth-order valence-electron chi connectivity index (χ4n) is 5.49. The Bertz CT molecular complexity index is 307. The first-order valence-corrected chi connectivity index (χ1v) is 8.46. The molecule has 1 amide bonds. The predicted octanol–water partition coefficient (Wildman–Crippen LogP) is 4.32. The highest BCUT2D eigenvalue weighted by atomic mass is 35.5. The molecule has 4 aliphatic carbocycles. The van der Waals surface area contributed by atoms with E-state index in [2.05, 4.69) is 12.2 Å². The van der Waals surface area contributed by atoms with E-state index in [-0.39, 0.29) is 18.3 Å². The van der Waals surface area contributed by atoms with E-state index in [0.29, 0.717) is 5.41 Å². The van der Waals surface area contributed by atoms with Crippen LogP contribution >= 0.6 is 12.4 Å². The minimum absolute atomic E-state index is 0. The Balaban J connectivity index is 0.00000147. The Hall–Kier alpha value is -0.240. The molecular weight excluding hydrogens is 270 g/mol. The number of halogens is 1. The van der Waals surface area contributed by atoms with Gasteiger partial charge in [0.2, 0.25) is 5.91 Å². The van der Waals surface area contributed by atoms with E-state index in [1.807, 2.05) is 0 Å². The molecule has 0 unspecified atom stereocenters. The highest BCUT2D eigenvalue weighted by Crippen LogP contribution is 2.61. The average Bonchev–Trinajstić information content (AvgIpc) is 2.34. The maximum absolute atomic E-state index is 11.7. The highest BCUT2D eigenvalue weighted by Gasteiger charge is 2.50. The number of carbonyl (C=O) groups is 1. The van der Waals surface area contributed by atoms with Crippen LogP contribution in [0, 0.1) is 23.2 Å². The second-order valence-electron chi connectivity index (χ2n) is 7.62. The van der Waals surface area contributed by atoms with Gasteiger partial charge in [0, 0.05) is 13.0 Å². The Morgan fingerprint density at radius 1 is 1.10 bits per heavy atom. The van der Waals surface area contributed by atoms with E-state index in [9.17, 15) is 4.79 Å². The van der Waals surface area contributed by atoms with Gasteiger partial charge in [-0.15, -0.1) is 12.4 Å². The monoisotopic (exact) mass is 299 g/mol. The molecule has 3 heteroatoms. The fraction of sp³-hybridized carbons (Fsp3) is 0.941. The van der Waals surface area contributed by atoms with E-state index < -0.39 is 0 Å². The normalized spacial score (nSPS) is 37.5. The van der Waals surface area contributed by atoms with Crippen LogP contribution in [0.5, 0.6) is 0 Å². The summed E-state index contributed by atoms with van der Waals surface area (Å²) in [6.45, 7) is 3.07. The van der Waals surface area contributed by atoms with Crippen LogP contribution < -0.4 is 5.32 Å². The molecule has 0 aromatic heterocycles. The molecule has 1 N–H and O–H groups in total. The van der Waals surface area contributed by atoms with Crippen molar-refractivity contribution in [3.8, 4) is 0 Å². The molecular formula is C17H30ClNO. The second-order valence-corrected chi connectivity index (χ2v) is 7.62. The molecule has 20 heavy (non-hydrogen) atoms. The summed E-state index contributed by atoms with van der Waals surface area (Å²) in [5.41, 5.74) is 0.618. The van der Waals surface area contributed by atoms with Crippen LogP contribution in [0.2, 0.25) is 0 Å². The Morgan fingerprint density at radius 3 is 2.15 bits per heavy atom. The number of carbonyl (C=O) groups excluding carboxylic acids is 1. The van der Waals surface area contributed by atoms with Gasteiger partial charge in [0.15, 0.2) is 0 Å². The quantitative estimate of drug-likeness (QED) is 0.777. The highest BCUT2D eigenvalue weighted by molar-refractivity contribution is 5.85. The summed E-state index contributed by atoms with van der Waals surface area (Å²) in [5, 5.41) is 3.15. The van der Waals surface area contributed by atoms with Crippen molar-refractivity contribution in [1.82, 2.24) is 5.32 Å². The van der Waals surface area contributed by atoms with Crippen molar-refractivity contribution in [2.24, 2.45) is 23.2 Å². The van der Waals surface area contributed by atoms with Crippen molar-refractivity contribution in [3.63, 3.8) is 0 Å². The molecule has 0 aromatic carbocycles. The van der Waals surface area contributed by atoms with Crippen molar-refractivity contribution in [2.45, 2.75) is 71.1 Å². The van der Waals surface area contributed by atoms with E-state index >= 15 is 0 Å². The molecule has 4 saturated carbocycles. The SMILES string of the molecule is CCCCC(=O)NCCC12CC3CC(CC(C3)C1)C2.Cl. The van der Waals surface area contributed by atoms with Gasteiger partial charge in [-0.25, -0.2) is 0 Å². The van der Waals surface area contributed by atoms with Crippen molar-refractivity contribution < 1.29 is 4.79 Å². The Kier molecular flexibility index (Phi) is 5.39. The summed E-state index contributed by atoms with van der Waals surface area (Å²) in [7, 11) is 0. The lowest BCUT2D eigenvalue weighted by atomic mass is 9.49. The van der Waals surface area contributed by atoms with Gasteiger partial charge in [0.05, 0.1) is 0 Å². The largest absolute Gasteiger partial charge is 0.356 e. The summed E-state index contributed by atoms with van der Waals surface area (Å²) in [5.74, 6) is 3.36. The van der Waals surface area contributed by atoms with Crippen molar-refractivity contribution >= 4 is 18.3 Å². The van der Waals surface area contributed by atoms with E-state index in [4.69, 9.17) is 0 Å². The van der Waals surface area contributed by atoms with E-state index in [1.54, 1.807) is 0 Å². The molecule has 2 nitrogen and oxygen atoms in total. The minimum atomic E-state index is 0. The smallest absolute Gasteiger partial charge is 0.219 e. The first-order chi connectivity index (χ1) is 9.19.